The molecular formula is C15H22N2O. The molecule has 0 spiro atoms. The number of hydrogen-bond donors (Lipinski definition) is 1. The van der Waals surface area contributed by atoms with Crippen LogP contribution >= 0.6 is 0 Å². The zero-order valence-electron chi connectivity index (χ0n) is 11.7. The van der Waals surface area contributed by atoms with E-state index in [1.54, 1.807) is 0 Å². The van der Waals surface area contributed by atoms with Crippen LogP contribution in [-0.2, 0) is 4.79 Å². The van der Waals surface area contributed by atoms with Crippen molar-refractivity contribution in [3.8, 4) is 0 Å². The van der Waals surface area contributed by atoms with Crippen LogP contribution in [0.1, 0.15) is 31.4 Å². The second kappa shape index (κ2) is 5.11. The van der Waals surface area contributed by atoms with Gasteiger partial charge in [0.05, 0.1) is 6.04 Å². The summed E-state index contributed by atoms with van der Waals surface area (Å²) < 4.78 is 0. The Morgan fingerprint density at radius 1 is 1.17 bits per heavy atom. The maximum atomic E-state index is 12.4. The van der Waals surface area contributed by atoms with Crippen molar-refractivity contribution in [2.24, 2.45) is 0 Å². The van der Waals surface area contributed by atoms with Gasteiger partial charge in [-0.1, -0.05) is 6.07 Å². The zero-order valence-corrected chi connectivity index (χ0v) is 11.7. The van der Waals surface area contributed by atoms with Crippen LogP contribution in [0.3, 0.4) is 0 Å². The van der Waals surface area contributed by atoms with E-state index in [2.05, 4.69) is 44.3 Å². The fourth-order valence-electron chi connectivity index (χ4n) is 2.61. The normalized spacial score (nSPS) is 25.1. The van der Waals surface area contributed by atoms with E-state index in [9.17, 15) is 4.79 Å². The molecule has 1 aliphatic heterocycles. The Morgan fingerprint density at radius 3 is 2.39 bits per heavy atom. The summed E-state index contributed by atoms with van der Waals surface area (Å²) in [5.74, 6) is 0.171. The average molecular weight is 246 g/mol. The molecule has 1 fully saturated rings. The van der Waals surface area contributed by atoms with Crippen LogP contribution in [0.4, 0.5) is 5.69 Å². The number of carbonyl (C=O) groups excluding carboxylic acids is 1. The summed E-state index contributed by atoms with van der Waals surface area (Å²) in [5.41, 5.74) is 3.44. The summed E-state index contributed by atoms with van der Waals surface area (Å²) in [7, 11) is 0. The van der Waals surface area contributed by atoms with Crippen LogP contribution in [-0.4, -0.2) is 24.5 Å². The second-order valence-electron chi connectivity index (χ2n) is 5.41. The zero-order chi connectivity index (χ0) is 13.3. The van der Waals surface area contributed by atoms with E-state index in [1.807, 2.05) is 11.8 Å². The first-order valence-corrected chi connectivity index (χ1v) is 6.63. The van der Waals surface area contributed by atoms with Gasteiger partial charge in [-0.25, -0.2) is 0 Å². The Hall–Kier alpha value is -1.35. The first-order chi connectivity index (χ1) is 8.47. The fraction of sp³-hybridized carbons (Fsp3) is 0.533. The second-order valence-corrected chi connectivity index (χ2v) is 5.41. The van der Waals surface area contributed by atoms with Crippen molar-refractivity contribution in [3.63, 3.8) is 0 Å². The van der Waals surface area contributed by atoms with Gasteiger partial charge in [-0.15, -0.1) is 0 Å². The van der Waals surface area contributed by atoms with Gasteiger partial charge in [-0.05, 0) is 57.4 Å². The minimum Gasteiger partial charge on any atom is -0.311 e. The van der Waals surface area contributed by atoms with E-state index in [0.29, 0.717) is 6.04 Å². The van der Waals surface area contributed by atoms with Gasteiger partial charge in [0.25, 0.3) is 0 Å². The highest BCUT2D eigenvalue weighted by atomic mass is 16.2. The van der Waals surface area contributed by atoms with Crippen molar-refractivity contribution in [2.75, 3.05) is 11.4 Å². The van der Waals surface area contributed by atoms with Crippen molar-refractivity contribution in [1.82, 2.24) is 5.32 Å². The van der Waals surface area contributed by atoms with Gasteiger partial charge in [-0.3, -0.25) is 4.79 Å². The summed E-state index contributed by atoms with van der Waals surface area (Å²) in [5, 5.41) is 3.33. The summed E-state index contributed by atoms with van der Waals surface area (Å²) in [6.07, 6.45) is 0.989. The quantitative estimate of drug-likeness (QED) is 0.825. The minimum atomic E-state index is -0.108. The third-order valence-electron chi connectivity index (χ3n) is 3.47. The predicted molar refractivity (Wildman–Crippen MR) is 74.9 cm³/mol. The lowest BCUT2D eigenvalue weighted by Gasteiger charge is -2.23. The number of nitrogens with one attached hydrogen (secondary N) is 1. The smallest absolute Gasteiger partial charge is 0.243 e. The van der Waals surface area contributed by atoms with Crippen LogP contribution in [0.15, 0.2) is 18.2 Å². The monoisotopic (exact) mass is 246 g/mol. The van der Waals surface area contributed by atoms with Crippen molar-refractivity contribution in [2.45, 2.75) is 46.2 Å². The van der Waals surface area contributed by atoms with Crippen LogP contribution in [0.2, 0.25) is 0 Å². The van der Waals surface area contributed by atoms with Crippen molar-refractivity contribution in [3.05, 3.63) is 29.3 Å². The third-order valence-corrected chi connectivity index (χ3v) is 3.47. The lowest BCUT2D eigenvalue weighted by atomic mass is 10.1. The number of benzene rings is 1. The molecule has 2 atom stereocenters. The molecule has 0 radical (unpaired) electrons. The molecule has 2 unspecified atom stereocenters. The standard InChI is InChI=1S/C15H22N2O/c1-10-7-11(2)9-14(8-10)17-6-5-12(3)16-13(4)15(17)18/h7-9,12-13,16H,5-6H2,1-4H3. The third kappa shape index (κ3) is 2.72. The molecular weight excluding hydrogens is 224 g/mol. The molecule has 98 valence electrons. The summed E-state index contributed by atoms with van der Waals surface area (Å²) in [6, 6.07) is 6.60. The number of nitrogens with zero attached hydrogens (tertiary/aromatic N) is 1. The number of aryl methyl sites for hydroxylation is 2. The van der Waals surface area contributed by atoms with E-state index in [4.69, 9.17) is 0 Å². The molecule has 0 bridgehead atoms. The maximum Gasteiger partial charge on any atom is 0.243 e. The van der Waals surface area contributed by atoms with E-state index < -0.39 is 0 Å². The number of hydrogen-bond acceptors (Lipinski definition) is 2. The Morgan fingerprint density at radius 2 is 1.78 bits per heavy atom. The van der Waals surface area contributed by atoms with Gasteiger partial charge in [0.1, 0.15) is 0 Å². The van der Waals surface area contributed by atoms with E-state index in [-0.39, 0.29) is 11.9 Å². The molecule has 1 saturated heterocycles. The highest BCUT2D eigenvalue weighted by Gasteiger charge is 2.27. The Kier molecular flexibility index (Phi) is 3.71. The molecule has 1 aliphatic rings. The molecule has 3 nitrogen and oxygen atoms in total. The first kappa shape index (κ1) is 13.1. The van der Waals surface area contributed by atoms with Gasteiger partial charge < -0.3 is 10.2 Å². The van der Waals surface area contributed by atoms with Crippen molar-refractivity contribution in [1.29, 1.82) is 0 Å². The summed E-state index contributed by atoms with van der Waals surface area (Å²) in [6.45, 7) is 9.01. The number of rotatable bonds is 1. The first-order valence-electron chi connectivity index (χ1n) is 6.63. The van der Waals surface area contributed by atoms with Gasteiger partial charge >= 0.3 is 0 Å². The van der Waals surface area contributed by atoms with Crippen LogP contribution < -0.4 is 10.2 Å². The van der Waals surface area contributed by atoms with E-state index in [1.165, 1.54) is 11.1 Å². The average Bonchev–Trinajstić information content (AvgIpc) is 2.38. The number of amides is 1. The molecule has 3 heteroatoms. The van der Waals surface area contributed by atoms with E-state index in [0.717, 1.165) is 18.7 Å². The summed E-state index contributed by atoms with van der Waals surface area (Å²) in [4.78, 5) is 14.3. The lowest BCUT2D eigenvalue weighted by Crippen LogP contribution is -2.43. The highest BCUT2D eigenvalue weighted by Crippen LogP contribution is 2.21. The van der Waals surface area contributed by atoms with Gasteiger partial charge in [0.15, 0.2) is 0 Å². The predicted octanol–water partition coefficient (Wildman–Crippen LogP) is 2.41. The minimum absolute atomic E-state index is 0.108. The largest absolute Gasteiger partial charge is 0.311 e. The molecule has 1 heterocycles. The van der Waals surface area contributed by atoms with Gasteiger partial charge in [-0.2, -0.15) is 0 Å². The highest BCUT2D eigenvalue weighted by molar-refractivity contribution is 5.97. The number of carbonyl (C=O) groups is 1. The molecule has 0 saturated carbocycles. The van der Waals surface area contributed by atoms with Gasteiger partial charge in [0, 0.05) is 18.3 Å². The molecule has 2 rings (SSSR count). The molecule has 0 aliphatic carbocycles. The number of anilines is 1. The molecule has 1 aromatic rings. The Bertz CT molecular complexity index is 436. The topological polar surface area (TPSA) is 32.3 Å². The van der Waals surface area contributed by atoms with Crippen molar-refractivity contribution >= 4 is 11.6 Å². The molecule has 1 N–H and O–H groups in total. The van der Waals surface area contributed by atoms with E-state index >= 15 is 0 Å². The van der Waals surface area contributed by atoms with Crippen molar-refractivity contribution < 1.29 is 4.79 Å². The van der Waals surface area contributed by atoms with Gasteiger partial charge in [0.2, 0.25) is 5.91 Å². The fourth-order valence-corrected chi connectivity index (χ4v) is 2.61. The Labute approximate surface area is 109 Å². The SMILES string of the molecule is Cc1cc(C)cc(N2CCC(C)NC(C)C2=O)c1. The summed E-state index contributed by atoms with van der Waals surface area (Å²) >= 11 is 0. The molecule has 18 heavy (non-hydrogen) atoms. The molecule has 0 aromatic heterocycles. The lowest BCUT2D eigenvalue weighted by molar-refractivity contribution is -0.119. The molecule has 1 amide bonds. The Balaban J connectivity index is 2.32. The van der Waals surface area contributed by atoms with Crippen LogP contribution in [0.25, 0.3) is 0 Å². The molecule has 1 aromatic carbocycles. The van der Waals surface area contributed by atoms with Crippen LogP contribution in [0, 0.1) is 13.8 Å². The van der Waals surface area contributed by atoms with Crippen LogP contribution in [0.5, 0.6) is 0 Å². The maximum absolute atomic E-state index is 12.4.